The average molecular weight is 303 g/mol. The molecule has 0 radical (unpaired) electrons. The van der Waals surface area contributed by atoms with E-state index in [9.17, 15) is 8.42 Å². The summed E-state index contributed by atoms with van der Waals surface area (Å²) in [6.07, 6.45) is 5.97. The van der Waals surface area contributed by atoms with E-state index in [2.05, 4.69) is 16.6 Å². The predicted octanol–water partition coefficient (Wildman–Crippen LogP) is 2.84. The number of halogens is 1. The molecule has 0 aliphatic heterocycles. The molecule has 1 saturated carbocycles. The Morgan fingerprint density at radius 1 is 1.37 bits per heavy atom. The van der Waals surface area contributed by atoms with Gasteiger partial charge in [0.1, 0.15) is 5.15 Å². The Hall–Kier alpha value is -0.650. The monoisotopic (exact) mass is 302 g/mol. The molecule has 1 aliphatic carbocycles. The zero-order valence-electron chi connectivity index (χ0n) is 11.0. The largest absolute Gasteiger partial charge is 0.244 e. The van der Waals surface area contributed by atoms with Gasteiger partial charge in [0.05, 0.1) is 4.90 Å². The summed E-state index contributed by atoms with van der Waals surface area (Å²) in [5.41, 5.74) is 0. The first kappa shape index (κ1) is 14.8. The first-order chi connectivity index (χ1) is 8.97. The summed E-state index contributed by atoms with van der Waals surface area (Å²) < 4.78 is 26.9. The van der Waals surface area contributed by atoms with Gasteiger partial charge in [0.25, 0.3) is 0 Å². The maximum absolute atomic E-state index is 12.1. The molecule has 106 valence electrons. The highest BCUT2D eigenvalue weighted by Gasteiger charge is 2.21. The van der Waals surface area contributed by atoms with Gasteiger partial charge < -0.3 is 0 Å². The number of nitrogens with zero attached hydrogens (tertiary/aromatic N) is 1. The maximum atomic E-state index is 12.1. The Labute approximate surface area is 119 Å². The molecule has 0 spiro atoms. The first-order valence-corrected chi connectivity index (χ1v) is 8.45. The van der Waals surface area contributed by atoms with Gasteiger partial charge in [-0.25, -0.2) is 18.1 Å². The molecule has 0 unspecified atom stereocenters. The van der Waals surface area contributed by atoms with Gasteiger partial charge in [-0.1, -0.05) is 31.4 Å². The van der Waals surface area contributed by atoms with Crippen LogP contribution in [0.3, 0.4) is 0 Å². The van der Waals surface area contributed by atoms with Crippen LogP contribution in [-0.2, 0) is 10.0 Å². The van der Waals surface area contributed by atoms with E-state index in [0.29, 0.717) is 12.5 Å². The Bertz CT molecular complexity index is 525. The Morgan fingerprint density at radius 3 is 2.68 bits per heavy atom. The quantitative estimate of drug-likeness (QED) is 0.870. The summed E-state index contributed by atoms with van der Waals surface area (Å²) >= 11 is 5.71. The molecule has 0 atom stereocenters. The van der Waals surface area contributed by atoms with Crippen molar-refractivity contribution in [3.8, 4) is 0 Å². The minimum Gasteiger partial charge on any atom is -0.244 e. The van der Waals surface area contributed by atoms with E-state index in [1.807, 2.05) is 0 Å². The van der Waals surface area contributed by atoms with Crippen molar-refractivity contribution in [3.63, 3.8) is 0 Å². The van der Waals surface area contributed by atoms with Crippen molar-refractivity contribution >= 4 is 21.6 Å². The smallest absolute Gasteiger partial charge is 0.240 e. The minimum atomic E-state index is -3.47. The minimum absolute atomic E-state index is 0.177. The van der Waals surface area contributed by atoms with Crippen molar-refractivity contribution in [2.24, 2.45) is 11.8 Å². The van der Waals surface area contributed by atoms with Crippen molar-refractivity contribution in [2.45, 2.75) is 37.5 Å². The maximum Gasteiger partial charge on any atom is 0.240 e. The van der Waals surface area contributed by atoms with Crippen molar-refractivity contribution in [1.29, 1.82) is 0 Å². The second-order valence-electron chi connectivity index (χ2n) is 5.29. The van der Waals surface area contributed by atoms with E-state index in [0.717, 1.165) is 18.8 Å². The fourth-order valence-corrected chi connectivity index (χ4v) is 3.76. The summed E-state index contributed by atoms with van der Waals surface area (Å²) in [5.74, 6) is 1.22. The zero-order chi connectivity index (χ0) is 13.9. The van der Waals surface area contributed by atoms with Crippen LogP contribution in [0.5, 0.6) is 0 Å². The van der Waals surface area contributed by atoms with E-state index in [1.54, 1.807) is 0 Å². The second kappa shape index (κ2) is 6.20. The number of sulfonamides is 1. The average Bonchev–Trinajstić information content (AvgIpc) is 2.38. The molecule has 1 N–H and O–H groups in total. The third-order valence-corrected chi connectivity index (χ3v) is 5.33. The van der Waals surface area contributed by atoms with Crippen LogP contribution in [0.4, 0.5) is 0 Å². The van der Waals surface area contributed by atoms with Crippen molar-refractivity contribution in [1.82, 2.24) is 9.71 Å². The number of hydrogen-bond acceptors (Lipinski definition) is 3. The van der Waals surface area contributed by atoms with Crippen LogP contribution in [0.15, 0.2) is 23.2 Å². The summed E-state index contributed by atoms with van der Waals surface area (Å²) in [4.78, 5) is 3.96. The molecule has 19 heavy (non-hydrogen) atoms. The van der Waals surface area contributed by atoms with Gasteiger partial charge in [-0.15, -0.1) is 0 Å². The highest BCUT2D eigenvalue weighted by molar-refractivity contribution is 7.89. The Kier molecular flexibility index (Phi) is 4.81. The molecule has 0 aromatic carbocycles. The molecular weight excluding hydrogens is 284 g/mol. The molecule has 1 heterocycles. The van der Waals surface area contributed by atoms with Crippen LogP contribution < -0.4 is 4.72 Å². The van der Waals surface area contributed by atoms with Crippen molar-refractivity contribution in [3.05, 3.63) is 23.5 Å². The van der Waals surface area contributed by atoms with Gasteiger partial charge in [0, 0.05) is 12.7 Å². The lowest BCUT2D eigenvalue weighted by Gasteiger charge is -2.26. The highest BCUT2D eigenvalue weighted by Crippen LogP contribution is 2.28. The normalized spacial score (nSPS) is 24.3. The Morgan fingerprint density at radius 2 is 2.05 bits per heavy atom. The van der Waals surface area contributed by atoms with Gasteiger partial charge in [0.15, 0.2) is 0 Å². The van der Waals surface area contributed by atoms with Crippen LogP contribution >= 0.6 is 11.6 Å². The molecular formula is C13H19ClN2O2S. The number of hydrogen-bond donors (Lipinski definition) is 1. The fourth-order valence-electron chi connectivity index (χ4n) is 2.40. The lowest BCUT2D eigenvalue weighted by molar-refractivity contribution is 0.290. The SMILES string of the molecule is CC1CCC(CNS(=O)(=O)c2ccnc(Cl)c2)CC1. The summed E-state index contributed by atoms with van der Waals surface area (Å²) in [6.45, 7) is 2.76. The molecule has 0 saturated heterocycles. The van der Waals surface area contributed by atoms with E-state index >= 15 is 0 Å². The van der Waals surface area contributed by atoms with Gasteiger partial charge in [0.2, 0.25) is 10.0 Å². The summed E-state index contributed by atoms with van der Waals surface area (Å²) in [5, 5.41) is 0.189. The molecule has 1 aromatic heterocycles. The second-order valence-corrected chi connectivity index (χ2v) is 7.45. The molecule has 1 aromatic rings. The lowest BCUT2D eigenvalue weighted by atomic mass is 9.83. The van der Waals surface area contributed by atoms with Crippen LogP contribution in [0.25, 0.3) is 0 Å². The van der Waals surface area contributed by atoms with E-state index < -0.39 is 10.0 Å². The highest BCUT2D eigenvalue weighted by atomic mass is 35.5. The Balaban J connectivity index is 1.95. The van der Waals surface area contributed by atoms with Gasteiger partial charge in [-0.2, -0.15) is 0 Å². The lowest BCUT2D eigenvalue weighted by Crippen LogP contribution is -2.31. The summed E-state index contributed by atoms with van der Waals surface area (Å²) in [7, 11) is -3.47. The summed E-state index contributed by atoms with van der Waals surface area (Å²) in [6, 6.07) is 2.82. The van der Waals surface area contributed by atoms with Gasteiger partial charge >= 0.3 is 0 Å². The topological polar surface area (TPSA) is 59.1 Å². The van der Waals surface area contributed by atoms with Crippen molar-refractivity contribution in [2.75, 3.05) is 6.54 Å². The molecule has 6 heteroatoms. The van der Waals surface area contributed by atoms with Crippen molar-refractivity contribution < 1.29 is 8.42 Å². The molecule has 1 aliphatic rings. The van der Waals surface area contributed by atoms with E-state index in [-0.39, 0.29) is 10.0 Å². The third-order valence-electron chi connectivity index (χ3n) is 3.71. The first-order valence-electron chi connectivity index (χ1n) is 6.58. The molecule has 0 amide bonds. The van der Waals surface area contributed by atoms with Crippen LogP contribution in [0, 0.1) is 11.8 Å². The van der Waals surface area contributed by atoms with Gasteiger partial charge in [-0.05, 0) is 36.8 Å². The molecule has 4 nitrogen and oxygen atoms in total. The molecule has 1 fully saturated rings. The standard InChI is InChI=1S/C13H19ClN2O2S/c1-10-2-4-11(5-3-10)9-16-19(17,18)12-6-7-15-13(14)8-12/h6-8,10-11,16H,2-5,9H2,1H3. The third kappa shape index (κ3) is 4.16. The van der Waals surface area contributed by atoms with Crippen LogP contribution in [-0.4, -0.2) is 19.9 Å². The van der Waals surface area contributed by atoms with Crippen LogP contribution in [0.1, 0.15) is 32.6 Å². The predicted molar refractivity (Wildman–Crippen MR) is 75.6 cm³/mol. The van der Waals surface area contributed by atoms with Crippen LogP contribution in [0.2, 0.25) is 5.15 Å². The number of aromatic nitrogens is 1. The molecule has 0 bridgehead atoms. The zero-order valence-corrected chi connectivity index (χ0v) is 12.5. The van der Waals surface area contributed by atoms with Gasteiger partial charge in [-0.3, -0.25) is 0 Å². The molecule has 2 rings (SSSR count). The van der Waals surface area contributed by atoms with E-state index in [4.69, 9.17) is 11.6 Å². The number of nitrogens with one attached hydrogen (secondary N) is 1. The fraction of sp³-hybridized carbons (Fsp3) is 0.615. The number of pyridine rings is 1. The van der Waals surface area contributed by atoms with E-state index in [1.165, 1.54) is 31.2 Å². The number of rotatable bonds is 4.